The number of hydrogen-bond acceptors (Lipinski definition) is 5. The molecule has 0 aliphatic carbocycles. The highest BCUT2D eigenvalue weighted by Gasteiger charge is 2.17. The van der Waals surface area contributed by atoms with Crippen molar-refractivity contribution in [1.82, 2.24) is 4.98 Å². The molecule has 2 rings (SSSR count). The number of nitrogens with zero attached hydrogens (tertiary/aromatic N) is 2. The number of hydrogen-bond donors (Lipinski definition) is 2. The molecule has 0 bridgehead atoms. The second-order valence-electron chi connectivity index (χ2n) is 4.57. The smallest absolute Gasteiger partial charge is 0.269 e. The molecule has 1 amide bonds. The van der Waals surface area contributed by atoms with Crippen LogP contribution in [0.1, 0.15) is 22.2 Å². The zero-order valence-corrected chi connectivity index (χ0v) is 12.6. The van der Waals surface area contributed by atoms with Gasteiger partial charge in [0.15, 0.2) is 5.13 Å². The van der Waals surface area contributed by atoms with Crippen LogP contribution in [-0.2, 0) is 6.42 Å². The molecule has 0 aliphatic rings. The van der Waals surface area contributed by atoms with Crippen LogP contribution in [0.15, 0.2) is 24.3 Å². The molecular formula is C14H18N4OS. The quantitative estimate of drug-likeness (QED) is 0.908. The highest BCUT2D eigenvalue weighted by Crippen LogP contribution is 2.28. The Morgan fingerprint density at radius 1 is 1.40 bits per heavy atom. The van der Waals surface area contributed by atoms with E-state index < -0.39 is 0 Å². The van der Waals surface area contributed by atoms with E-state index in [-0.39, 0.29) is 11.7 Å². The van der Waals surface area contributed by atoms with Gasteiger partial charge in [-0.3, -0.25) is 4.79 Å². The van der Waals surface area contributed by atoms with Crippen LogP contribution in [0.4, 0.5) is 16.6 Å². The lowest BCUT2D eigenvalue weighted by Gasteiger charge is -2.08. The van der Waals surface area contributed by atoms with Gasteiger partial charge in [-0.2, -0.15) is 0 Å². The van der Waals surface area contributed by atoms with Crippen molar-refractivity contribution >= 4 is 33.9 Å². The molecule has 0 aliphatic heterocycles. The number of aromatic nitrogens is 1. The molecule has 1 aromatic heterocycles. The van der Waals surface area contributed by atoms with E-state index in [0.29, 0.717) is 4.88 Å². The third-order valence-electron chi connectivity index (χ3n) is 2.88. The Balaban J connectivity index is 2.24. The highest BCUT2D eigenvalue weighted by atomic mass is 32.1. The molecule has 1 heterocycles. The van der Waals surface area contributed by atoms with Gasteiger partial charge in [-0.15, -0.1) is 0 Å². The number of nitrogen functional groups attached to an aromatic ring is 1. The molecular weight excluding hydrogens is 272 g/mol. The largest absolute Gasteiger partial charge is 0.382 e. The minimum absolute atomic E-state index is 0.214. The van der Waals surface area contributed by atoms with Crippen molar-refractivity contribution in [2.75, 3.05) is 30.0 Å². The molecule has 20 heavy (non-hydrogen) atoms. The third-order valence-corrected chi connectivity index (χ3v) is 4.12. The van der Waals surface area contributed by atoms with Crippen LogP contribution < -0.4 is 16.0 Å². The van der Waals surface area contributed by atoms with Crippen molar-refractivity contribution in [3.05, 3.63) is 34.7 Å². The molecule has 0 fully saturated rings. The summed E-state index contributed by atoms with van der Waals surface area (Å²) in [6.45, 7) is 2.05. The first kappa shape index (κ1) is 14.3. The Bertz CT molecular complexity index is 621. The summed E-state index contributed by atoms with van der Waals surface area (Å²) in [5.41, 5.74) is 7.73. The summed E-state index contributed by atoms with van der Waals surface area (Å²) < 4.78 is 0. The molecule has 3 N–H and O–H groups in total. The van der Waals surface area contributed by atoms with Crippen LogP contribution in [0.3, 0.4) is 0 Å². The summed E-state index contributed by atoms with van der Waals surface area (Å²) in [4.78, 5) is 18.8. The Kier molecular flexibility index (Phi) is 4.24. The fourth-order valence-corrected chi connectivity index (χ4v) is 2.61. The summed E-state index contributed by atoms with van der Waals surface area (Å²) in [5, 5.41) is 3.62. The van der Waals surface area contributed by atoms with E-state index in [1.54, 1.807) is 0 Å². The molecule has 0 spiro atoms. The van der Waals surface area contributed by atoms with Gasteiger partial charge in [0.05, 0.1) is 0 Å². The number of nitrogens with one attached hydrogen (secondary N) is 1. The summed E-state index contributed by atoms with van der Waals surface area (Å²) in [6.07, 6.45) is 0.859. The van der Waals surface area contributed by atoms with Gasteiger partial charge in [-0.1, -0.05) is 36.5 Å². The number of amides is 1. The molecule has 0 unspecified atom stereocenters. The predicted molar refractivity (Wildman–Crippen MR) is 84.6 cm³/mol. The van der Waals surface area contributed by atoms with Crippen molar-refractivity contribution in [1.29, 1.82) is 0 Å². The average molecular weight is 290 g/mol. The van der Waals surface area contributed by atoms with E-state index in [4.69, 9.17) is 5.73 Å². The fourth-order valence-electron chi connectivity index (χ4n) is 1.80. The van der Waals surface area contributed by atoms with Gasteiger partial charge < -0.3 is 16.0 Å². The normalized spacial score (nSPS) is 10.3. The Labute approximate surface area is 122 Å². The molecule has 5 nitrogen and oxygen atoms in total. The minimum atomic E-state index is -0.214. The van der Waals surface area contributed by atoms with Gasteiger partial charge in [0, 0.05) is 19.8 Å². The molecule has 106 valence electrons. The maximum atomic E-state index is 12.3. The lowest BCUT2D eigenvalue weighted by molar-refractivity contribution is 0.103. The number of carbonyl (C=O) groups is 1. The summed E-state index contributed by atoms with van der Waals surface area (Å²) in [7, 11) is 3.73. The van der Waals surface area contributed by atoms with Crippen LogP contribution in [0.25, 0.3) is 0 Å². The minimum Gasteiger partial charge on any atom is -0.382 e. The summed E-state index contributed by atoms with van der Waals surface area (Å²) >= 11 is 1.29. The van der Waals surface area contributed by atoms with Crippen LogP contribution in [0, 0.1) is 0 Å². The van der Waals surface area contributed by atoms with Gasteiger partial charge in [-0.25, -0.2) is 4.98 Å². The van der Waals surface area contributed by atoms with E-state index in [1.165, 1.54) is 11.3 Å². The predicted octanol–water partition coefficient (Wildman–Crippen LogP) is 2.61. The molecule has 0 saturated heterocycles. The first-order chi connectivity index (χ1) is 9.52. The number of benzene rings is 1. The molecule has 1 aromatic carbocycles. The molecule has 0 atom stereocenters. The number of para-hydroxylation sites is 1. The standard InChI is InChI=1S/C14H18N4OS/c1-4-9-7-5-6-8-10(9)16-13(19)11-12(15)17-14(20-11)18(2)3/h5-8H,4,15H2,1-3H3,(H,16,19). The van der Waals surface area contributed by atoms with Crippen LogP contribution in [-0.4, -0.2) is 25.0 Å². The highest BCUT2D eigenvalue weighted by molar-refractivity contribution is 7.18. The Hall–Kier alpha value is -2.08. The van der Waals surface area contributed by atoms with Crippen LogP contribution in [0.2, 0.25) is 0 Å². The van der Waals surface area contributed by atoms with Gasteiger partial charge >= 0.3 is 0 Å². The van der Waals surface area contributed by atoms with E-state index in [0.717, 1.165) is 22.8 Å². The van der Waals surface area contributed by atoms with Gasteiger partial charge in [0.2, 0.25) is 0 Å². The molecule has 0 radical (unpaired) electrons. The van der Waals surface area contributed by atoms with Crippen molar-refractivity contribution < 1.29 is 4.79 Å². The van der Waals surface area contributed by atoms with E-state index in [9.17, 15) is 4.79 Å². The number of aryl methyl sites for hydroxylation is 1. The number of carbonyl (C=O) groups excluding carboxylic acids is 1. The van der Waals surface area contributed by atoms with Gasteiger partial charge in [0.1, 0.15) is 10.7 Å². The SMILES string of the molecule is CCc1ccccc1NC(=O)c1sc(N(C)C)nc1N. The molecule has 0 saturated carbocycles. The zero-order valence-electron chi connectivity index (χ0n) is 11.8. The third kappa shape index (κ3) is 2.91. The topological polar surface area (TPSA) is 71.2 Å². The summed E-state index contributed by atoms with van der Waals surface area (Å²) in [5.74, 6) is 0.0548. The van der Waals surface area contributed by atoms with Crippen molar-refractivity contribution in [2.45, 2.75) is 13.3 Å². The van der Waals surface area contributed by atoms with Gasteiger partial charge in [0.25, 0.3) is 5.91 Å². The van der Waals surface area contributed by atoms with Crippen LogP contribution in [0.5, 0.6) is 0 Å². The molecule has 2 aromatic rings. The van der Waals surface area contributed by atoms with Crippen molar-refractivity contribution in [3.8, 4) is 0 Å². The lowest BCUT2D eigenvalue weighted by atomic mass is 10.1. The second-order valence-corrected chi connectivity index (χ2v) is 5.55. The number of nitrogens with two attached hydrogens (primary N) is 1. The second kappa shape index (κ2) is 5.92. The first-order valence-corrected chi connectivity index (χ1v) is 7.17. The van der Waals surface area contributed by atoms with Crippen LogP contribution >= 0.6 is 11.3 Å². The lowest BCUT2D eigenvalue weighted by Crippen LogP contribution is -2.13. The van der Waals surface area contributed by atoms with E-state index >= 15 is 0 Å². The monoisotopic (exact) mass is 290 g/mol. The fraction of sp³-hybridized carbons (Fsp3) is 0.286. The van der Waals surface area contributed by atoms with Crippen molar-refractivity contribution in [2.24, 2.45) is 0 Å². The van der Waals surface area contributed by atoms with E-state index in [1.807, 2.05) is 43.3 Å². The van der Waals surface area contributed by atoms with Gasteiger partial charge in [-0.05, 0) is 18.1 Å². The first-order valence-electron chi connectivity index (χ1n) is 6.35. The maximum absolute atomic E-state index is 12.3. The Morgan fingerprint density at radius 2 is 2.10 bits per heavy atom. The van der Waals surface area contributed by atoms with E-state index in [2.05, 4.69) is 17.2 Å². The molecule has 6 heteroatoms. The van der Waals surface area contributed by atoms with Crippen molar-refractivity contribution in [3.63, 3.8) is 0 Å². The average Bonchev–Trinajstić information content (AvgIpc) is 2.82. The summed E-state index contributed by atoms with van der Waals surface area (Å²) in [6, 6.07) is 7.74. The zero-order chi connectivity index (χ0) is 14.7. The Morgan fingerprint density at radius 3 is 2.70 bits per heavy atom. The number of rotatable bonds is 4. The maximum Gasteiger partial charge on any atom is 0.269 e. The number of anilines is 3. The number of thiazole rings is 1.